The highest BCUT2D eigenvalue weighted by molar-refractivity contribution is 7.89. The van der Waals surface area contributed by atoms with Gasteiger partial charge in [0.05, 0.1) is 24.6 Å². The molecule has 1 aliphatic carbocycles. The average molecular weight is 552 g/mol. The predicted molar refractivity (Wildman–Crippen MR) is 138 cm³/mol. The molecule has 1 aliphatic heterocycles. The van der Waals surface area contributed by atoms with Gasteiger partial charge in [0.1, 0.15) is 5.75 Å². The fourth-order valence-electron chi connectivity index (χ4n) is 4.52. The lowest BCUT2D eigenvalue weighted by molar-refractivity contribution is -0.133. The number of sulfonamides is 1. The summed E-state index contributed by atoms with van der Waals surface area (Å²) in [6.45, 7) is 0.261. The van der Waals surface area contributed by atoms with Crippen molar-refractivity contribution in [2.45, 2.75) is 36.2 Å². The molecule has 5 rings (SSSR count). The molecule has 2 aliphatic rings. The lowest BCUT2D eigenvalue weighted by Crippen LogP contribution is -2.47. The van der Waals surface area contributed by atoms with Gasteiger partial charge in [-0.2, -0.15) is 4.31 Å². The van der Waals surface area contributed by atoms with E-state index in [0.29, 0.717) is 22.3 Å². The Labute approximate surface area is 219 Å². The van der Waals surface area contributed by atoms with Gasteiger partial charge >= 0.3 is 0 Å². The topological polar surface area (TPSA) is 66.9 Å². The summed E-state index contributed by atoms with van der Waals surface area (Å²) in [7, 11) is -2.33. The molecule has 184 valence electrons. The molecule has 1 fully saturated rings. The van der Waals surface area contributed by atoms with Gasteiger partial charge in [-0.1, -0.05) is 29.3 Å². The summed E-state index contributed by atoms with van der Waals surface area (Å²) in [6, 6.07) is 13.0. The molecule has 0 radical (unpaired) electrons. The normalized spacial score (nSPS) is 17.9. The van der Waals surface area contributed by atoms with Crippen molar-refractivity contribution in [1.82, 2.24) is 9.21 Å². The van der Waals surface area contributed by atoms with E-state index in [0.717, 1.165) is 30.4 Å². The van der Waals surface area contributed by atoms with E-state index in [1.807, 2.05) is 17.5 Å². The average Bonchev–Trinajstić information content (AvgIpc) is 3.57. The third-order valence-electron chi connectivity index (χ3n) is 6.45. The Bertz CT molecular complexity index is 1350. The highest BCUT2D eigenvalue weighted by Gasteiger charge is 2.42. The zero-order valence-electron chi connectivity index (χ0n) is 19.0. The third-order valence-corrected chi connectivity index (χ3v) is 9.93. The van der Waals surface area contributed by atoms with E-state index in [2.05, 4.69) is 0 Å². The molecule has 1 atom stereocenters. The fraction of sp³-hybridized carbons (Fsp3) is 0.320. The second-order valence-electron chi connectivity index (χ2n) is 8.66. The number of rotatable bonds is 7. The van der Waals surface area contributed by atoms with Crippen molar-refractivity contribution in [1.29, 1.82) is 0 Å². The minimum absolute atomic E-state index is 0.147. The predicted octanol–water partition coefficient (Wildman–Crippen LogP) is 5.39. The van der Waals surface area contributed by atoms with Gasteiger partial charge in [-0.3, -0.25) is 4.79 Å². The van der Waals surface area contributed by atoms with Gasteiger partial charge < -0.3 is 9.64 Å². The van der Waals surface area contributed by atoms with E-state index in [4.69, 9.17) is 27.9 Å². The van der Waals surface area contributed by atoms with Crippen LogP contribution in [0.15, 0.2) is 58.8 Å². The summed E-state index contributed by atoms with van der Waals surface area (Å²) < 4.78 is 33.5. The molecular formula is C25H24Cl2N2O4S2. The Balaban J connectivity index is 1.47. The Hall–Kier alpha value is -2.10. The highest BCUT2D eigenvalue weighted by atomic mass is 35.5. The molecular weight excluding hydrogens is 527 g/mol. The van der Waals surface area contributed by atoms with Crippen LogP contribution < -0.4 is 4.74 Å². The van der Waals surface area contributed by atoms with E-state index in [9.17, 15) is 13.2 Å². The van der Waals surface area contributed by atoms with Crippen LogP contribution in [0.25, 0.3) is 0 Å². The zero-order chi connectivity index (χ0) is 24.7. The van der Waals surface area contributed by atoms with Gasteiger partial charge in [0, 0.05) is 27.5 Å². The number of hydrogen-bond donors (Lipinski definition) is 0. The highest BCUT2D eigenvalue weighted by Crippen LogP contribution is 2.41. The molecule has 1 aromatic heterocycles. The summed E-state index contributed by atoms with van der Waals surface area (Å²) in [5, 5.41) is 3.01. The number of methoxy groups -OCH3 is 1. The molecule has 2 aromatic carbocycles. The van der Waals surface area contributed by atoms with Crippen molar-refractivity contribution in [2.75, 3.05) is 20.2 Å². The molecule has 2 heterocycles. The van der Waals surface area contributed by atoms with Crippen molar-refractivity contribution >= 4 is 50.5 Å². The van der Waals surface area contributed by atoms with Gasteiger partial charge in [0.2, 0.25) is 15.9 Å². The first-order valence-electron chi connectivity index (χ1n) is 11.3. The fourth-order valence-corrected chi connectivity index (χ4v) is 7.57. The van der Waals surface area contributed by atoms with Gasteiger partial charge in [-0.05, 0) is 78.2 Å². The number of carbonyl (C=O) groups excluding carboxylic acids is 1. The van der Waals surface area contributed by atoms with Crippen LogP contribution in [0.4, 0.5) is 0 Å². The molecule has 6 nitrogen and oxygen atoms in total. The van der Waals surface area contributed by atoms with E-state index in [1.165, 1.54) is 28.4 Å². The van der Waals surface area contributed by atoms with Crippen LogP contribution in [0.5, 0.6) is 5.75 Å². The monoisotopic (exact) mass is 550 g/mol. The first-order valence-corrected chi connectivity index (χ1v) is 14.3. The number of hydrogen-bond acceptors (Lipinski definition) is 5. The SMILES string of the molecule is COc1ccc(S(=O)(=O)N(CC(=O)N2CCc3sccc3C2c2ccc(Cl)cc2Cl)C2CC2)cc1. The van der Waals surface area contributed by atoms with Crippen LogP contribution in [0.3, 0.4) is 0 Å². The van der Waals surface area contributed by atoms with Crippen molar-refractivity contribution in [3.05, 3.63) is 80.0 Å². The second kappa shape index (κ2) is 9.75. The van der Waals surface area contributed by atoms with Gasteiger partial charge in [-0.15, -0.1) is 11.3 Å². The third kappa shape index (κ3) is 4.82. The van der Waals surface area contributed by atoms with E-state index < -0.39 is 16.1 Å². The van der Waals surface area contributed by atoms with E-state index in [1.54, 1.807) is 40.5 Å². The minimum atomic E-state index is -3.85. The number of carbonyl (C=O) groups is 1. The number of ether oxygens (including phenoxy) is 1. The Kier molecular flexibility index (Phi) is 6.85. The maximum absolute atomic E-state index is 13.7. The number of halogens is 2. The van der Waals surface area contributed by atoms with Crippen molar-refractivity contribution < 1.29 is 17.9 Å². The first kappa shape index (κ1) is 24.6. The van der Waals surface area contributed by atoms with Gasteiger partial charge in [0.15, 0.2) is 0 Å². The Morgan fingerprint density at radius 2 is 1.86 bits per heavy atom. The summed E-state index contributed by atoms with van der Waals surface area (Å²) in [5.74, 6) is 0.322. The standard InChI is InChI=1S/C25H24Cl2N2O4S2/c1-33-18-5-7-19(8-6-18)35(31,32)29(17-3-4-17)15-24(30)28-12-10-23-21(11-13-34-23)25(28)20-9-2-16(26)14-22(20)27/h2,5-9,11,13-14,17,25H,3-4,10,12,15H2,1H3. The van der Waals surface area contributed by atoms with Crippen LogP contribution in [-0.2, 0) is 21.2 Å². The summed E-state index contributed by atoms with van der Waals surface area (Å²) in [5.41, 5.74) is 1.80. The van der Waals surface area contributed by atoms with E-state index in [-0.39, 0.29) is 23.4 Å². The molecule has 1 unspecified atom stereocenters. The molecule has 0 spiro atoms. The first-order chi connectivity index (χ1) is 16.8. The lowest BCUT2D eigenvalue weighted by atomic mass is 9.93. The second-order valence-corrected chi connectivity index (χ2v) is 12.4. The maximum Gasteiger partial charge on any atom is 0.243 e. The molecule has 1 amide bonds. The van der Waals surface area contributed by atoms with Crippen LogP contribution in [0.2, 0.25) is 10.0 Å². The molecule has 0 saturated heterocycles. The quantitative estimate of drug-likeness (QED) is 0.395. The zero-order valence-corrected chi connectivity index (χ0v) is 22.1. The Morgan fingerprint density at radius 1 is 1.11 bits per heavy atom. The van der Waals surface area contributed by atoms with Crippen LogP contribution in [0.1, 0.15) is 34.9 Å². The molecule has 3 aromatic rings. The van der Waals surface area contributed by atoms with Gasteiger partial charge in [-0.25, -0.2) is 8.42 Å². The van der Waals surface area contributed by atoms with Gasteiger partial charge in [0.25, 0.3) is 0 Å². The number of thiophene rings is 1. The molecule has 35 heavy (non-hydrogen) atoms. The van der Waals surface area contributed by atoms with Crippen molar-refractivity contribution in [2.24, 2.45) is 0 Å². The van der Waals surface area contributed by atoms with Crippen LogP contribution >= 0.6 is 34.5 Å². The molecule has 1 saturated carbocycles. The number of fused-ring (bicyclic) bond motifs is 1. The molecule has 0 N–H and O–H groups in total. The summed E-state index contributed by atoms with van der Waals surface area (Å²) in [4.78, 5) is 16.9. The Morgan fingerprint density at radius 3 is 2.51 bits per heavy atom. The van der Waals surface area contributed by atoms with Crippen LogP contribution in [0, 0.1) is 0 Å². The lowest BCUT2D eigenvalue weighted by Gasteiger charge is -2.38. The molecule has 0 bridgehead atoms. The van der Waals surface area contributed by atoms with Crippen molar-refractivity contribution in [3.8, 4) is 5.75 Å². The minimum Gasteiger partial charge on any atom is -0.497 e. The number of nitrogens with zero attached hydrogens (tertiary/aromatic N) is 2. The largest absolute Gasteiger partial charge is 0.497 e. The smallest absolute Gasteiger partial charge is 0.243 e. The summed E-state index contributed by atoms with van der Waals surface area (Å²) in [6.07, 6.45) is 2.20. The number of amides is 1. The van der Waals surface area contributed by atoms with Crippen LogP contribution in [-0.4, -0.2) is 49.8 Å². The summed E-state index contributed by atoms with van der Waals surface area (Å²) >= 11 is 14.4. The van der Waals surface area contributed by atoms with Crippen molar-refractivity contribution in [3.63, 3.8) is 0 Å². The number of benzene rings is 2. The maximum atomic E-state index is 13.7. The molecule has 10 heteroatoms. The van der Waals surface area contributed by atoms with E-state index >= 15 is 0 Å².